The van der Waals surface area contributed by atoms with Gasteiger partial charge in [-0.2, -0.15) is 0 Å². The monoisotopic (exact) mass is 280 g/mol. The summed E-state index contributed by atoms with van der Waals surface area (Å²) in [5.74, 6) is -0.610. The highest BCUT2D eigenvalue weighted by Crippen LogP contribution is 2.25. The number of aromatic hydroxyl groups is 2. The third kappa shape index (κ3) is 3.40. The number of ether oxygens (including phenoxy) is 1. The van der Waals surface area contributed by atoms with Gasteiger partial charge < -0.3 is 26.0 Å². The Bertz CT molecular complexity index is 486. The lowest BCUT2D eigenvalue weighted by molar-refractivity contribution is -0.124. The molecule has 6 nitrogen and oxygen atoms in total. The van der Waals surface area contributed by atoms with E-state index in [1.807, 2.05) is 0 Å². The van der Waals surface area contributed by atoms with Crippen molar-refractivity contribution in [3.8, 4) is 11.5 Å². The number of phenols is 2. The molecule has 6 heteroatoms. The Balaban J connectivity index is 1.83. The minimum atomic E-state index is -0.680. The Hall–Kier alpha value is -1.79. The van der Waals surface area contributed by atoms with Gasteiger partial charge in [-0.1, -0.05) is 6.07 Å². The molecular weight excluding hydrogens is 260 g/mol. The summed E-state index contributed by atoms with van der Waals surface area (Å²) in [4.78, 5) is 11.9. The molecule has 0 spiro atoms. The van der Waals surface area contributed by atoms with Crippen molar-refractivity contribution < 1.29 is 19.7 Å². The van der Waals surface area contributed by atoms with E-state index in [2.05, 4.69) is 5.32 Å². The van der Waals surface area contributed by atoms with E-state index in [1.54, 1.807) is 13.2 Å². The molecule has 0 aromatic heterocycles. The number of nitrogens with one attached hydrogen (secondary N) is 1. The summed E-state index contributed by atoms with van der Waals surface area (Å²) in [6.07, 6.45) is 2.16. The number of carbonyl (C=O) groups is 1. The maximum Gasteiger partial charge on any atom is 0.237 e. The molecule has 1 atom stereocenters. The Morgan fingerprint density at radius 2 is 2.15 bits per heavy atom. The molecule has 5 N–H and O–H groups in total. The number of carbonyl (C=O) groups excluding carboxylic acids is 1. The third-order valence-electron chi connectivity index (χ3n) is 3.61. The van der Waals surface area contributed by atoms with Gasteiger partial charge >= 0.3 is 0 Å². The quantitative estimate of drug-likeness (QED) is 0.579. The second-order valence-corrected chi connectivity index (χ2v) is 5.17. The molecule has 1 aromatic rings. The molecule has 0 unspecified atom stereocenters. The summed E-state index contributed by atoms with van der Waals surface area (Å²) in [6.45, 7) is 0. The van der Waals surface area contributed by atoms with Crippen LogP contribution in [0.5, 0.6) is 11.5 Å². The fourth-order valence-corrected chi connectivity index (χ4v) is 2.23. The molecule has 1 aliphatic rings. The zero-order valence-electron chi connectivity index (χ0n) is 11.4. The molecule has 1 amide bonds. The zero-order chi connectivity index (χ0) is 14.7. The molecule has 0 aliphatic heterocycles. The van der Waals surface area contributed by atoms with Crippen molar-refractivity contribution in [3.05, 3.63) is 23.8 Å². The van der Waals surface area contributed by atoms with Crippen LogP contribution in [0.4, 0.5) is 0 Å². The summed E-state index contributed by atoms with van der Waals surface area (Å²) in [5.41, 5.74) is 6.54. The normalized spacial score (nSPS) is 22.9. The smallest absolute Gasteiger partial charge is 0.237 e. The van der Waals surface area contributed by atoms with E-state index in [-0.39, 0.29) is 29.6 Å². The van der Waals surface area contributed by atoms with Gasteiger partial charge in [0.25, 0.3) is 0 Å². The van der Waals surface area contributed by atoms with Crippen LogP contribution in [0.3, 0.4) is 0 Å². The number of phenolic OH excluding ortho intramolecular Hbond substituents is 2. The topological polar surface area (TPSA) is 105 Å². The molecule has 2 rings (SSSR count). The van der Waals surface area contributed by atoms with Gasteiger partial charge in [0.15, 0.2) is 11.5 Å². The first-order valence-corrected chi connectivity index (χ1v) is 6.59. The van der Waals surface area contributed by atoms with E-state index in [0.29, 0.717) is 12.0 Å². The van der Waals surface area contributed by atoms with Crippen LogP contribution in [0.1, 0.15) is 18.4 Å². The largest absolute Gasteiger partial charge is 0.504 e. The van der Waals surface area contributed by atoms with Crippen molar-refractivity contribution in [1.29, 1.82) is 0 Å². The third-order valence-corrected chi connectivity index (χ3v) is 3.61. The van der Waals surface area contributed by atoms with Crippen LogP contribution >= 0.6 is 0 Å². The second-order valence-electron chi connectivity index (χ2n) is 5.17. The Labute approximate surface area is 117 Å². The van der Waals surface area contributed by atoms with Gasteiger partial charge in [0.2, 0.25) is 5.91 Å². The predicted molar refractivity (Wildman–Crippen MR) is 73.4 cm³/mol. The highest BCUT2D eigenvalue weighted by atomic mass is 16.5. The van der Waals surface area contributed by atoms with Gasteiger partial charge in [-0.15, -0.1) is 0 Å². The highest BCUT2D eigenvalue weighted by Gasteiger charge is 2.31. The summed E-state index contributed by atoms with van der Waals surface area (Å²) in [6, 6.07) is 3.87. The summed E-state index contributed by atoms with van der Waals surface area (Å²) in [5, 5.41) is 21.5. The molecule has 0 bridgehead atoms. The van der Waals surface area contributed by atoms with Crippen molar-refractivity contribution in [2.75, 3.05) is 7.11 Å². The van der Waals surface area contributed by atoms with Crippen molar-refractivity contribution in [2.45, 2.75) is 37.5 Å². The van der Waals surface area contributed by atoms with Crippen molar-refractivity contribution in [2.24, 2.45) is 5.73 Å². The van der Waals surface area contributed by atoms with Gasteiger partial charge in [0.05, 0.1) is 12.1 Å². The lowest BCUT2D eigenvalue weighted by atomic mass is 9.89. The Kier molecular flexibility index (Phi) is 4.46. The first-order chi connectivity index (χ1) is 9.49. The van der Waals surface area contributed by atoms with Gasteiger partial charge in [0, 0.05) is 13.2 Å². The fourth-order valence-electron chi connectivity index (χ4n) is 2.23. The summed E-state index contributed by atoms with van der Waals surface area (Å²) >= 11 is 0. The van der Waals surface area contributed by atoms with Crippen LogP contribution in [-0.2, 0) is 16.0 Å². The minimum absolute atomic E-state index is 0.131. The Morgan fingerprint density at radius 1 is 1.45 bits per heavy atom. The standard InChI is InChI=1S/C14H20N2O4/c1-20-10-6-9(7-10)16-14(19)11(15)4-8-2-3-12(17)13(18)5-8/h2-3,5,9-11,17-18H,4,6-7,15H2,1H3,(H,16,19)/t9?,10?,11-/m0/s1. The number of amides is 1. The first kappa shape index (κ1) is 14.6. The van der Waals surface area contributed by atoms with Gasteiger partial charge in [0.1, 0.15) is 0 Å². The van der Waals surface area contributed by atoms with E-state index in [0.717, 1.165) is 12.8 Å². The fraction of sp³-hybridized carbons (Fsp3) is 0.500. The van der Waals surface area contributed by atoms with Crippen LogP contribution in [0.15, 0.2) is 18.2 Å². The van der Waals surface area contributed by atoms with E-state index >= 15 is 0 Å². The highest BCUT2D eigenvalue weighted by molar-refractivity contribution is 5.82. The maximum absolute atomic E-state index is 11.9. The van der Waals surface area contributed by atoms with Crippen LogP contribution in [0.2, 0.25) is 0 Å². The average Bonchev–Trinajstić information content (AvgIpc) is 2.37. The molecule has 110 valence electrons. The van der Waals surface area contributed by atoms with Crippen molar-refractivity contribution in [3.63, 3.8) is 0 Å². The van der Waals surface area contributed by atoms with Gasteiger partial charge in [-0.3, -0.25) is 4.79 Å². The predicted octanol–water partition coefficient (Wildman–Crippen LogP) is 0.261. The molecule has 1 fully saturated rings. The number of benzene rings is 1. The number of hydrogen-bond acceptors (Lipinski definition) is 5. The Morgan fingerprint density at radius 3 is 2.75 bits per heavy atom. The molecule has 20 heavy (non-hydrogen) atoms. The van der Waals surface area contributed by atoms with E-state index in [4.69, 9.17) is 10.5 Å². The zero-order valence-corrected chi connectivity index (χ0v) is 11.4. The maximum atomic E-state index is 11.9. The average molecular weight is 280 g/mol. The molecular formula is C14H20N2O4. The second kappa shape index (κ2) is 6.11. The van der Waals surface area contributed by atoms with Crippen molar-refractivity contribution in [1.82, 2.24) is 5.32 Å². The first-order valence-electron chi connectivity index (χ1n) is 6.59. The molecule has 1 aliphatic carbocycles. The van der Waals surface area contributed by atoms with Crippen LogP contribution in [0.25, 0.3) is 0 Å². The summed E-state index contributed by atoms with van der Waals surface area (Å²) in [7, 11) is 1.66. The molecule has 1 saturated carbocycles. The van der Waals surface area contributed by atoms with Crippen molar-refractivity contribution >= 4 is 5.91 Å². The van der Waals surface area contributed by atoms with Gasteiger partial charge in [-0.05, 0) is 37.0 Å². The molecule has 1 aromatic carbocycles. The minimum Gasteiger partial charge on any atom is -0.504 e. The number of methoxy groups -OCH3 is 1. The van der Waals surface area contributed by atoms with Crippen LogP contribution < -0.4 is 11.1 Å². The number of hydrogen-bond donors (Lipinski definition) is 4. The van der Waals surface area contributed by atoms with Crippen LogP contribution in [0, 0.1) is 0 Å². The number of rotatable bonds is 5. The van der Waals surface area contributed by atoms with E-state index in [1.165, 1.54) is 12.1 Å². The molecule has 0 radical (unpaired) electrons. The van der Waals surface area contributed by atoms with Gasteiger partial charge in [-0.25, -0.2) is 0 Å². The van der Waals surface area contributed by atoms with Crippen LogP contribution in [-0.4, -0.2) is 41.4 Å². The SMILES string of the molecule is COC1CC(NC(=O)[C@@H](N)Cc2ccc(O)c(O)c2)C1. The van der Waals surface area contributed by atoms with E-state index < -0.39 is 6.04 Å². The summed E-state index contributed by atoms with van der Waals surface area (Å²) < 4.78 is 5.14. The molecule has 0 heterocycles. The number of nitrogens with two attached hydrogens (primary N) is 1. The van der Waals surface area contributed by atoms with E-state index in [9.17, 15) is 15.0 Å². The lowest BCUT2D eigenvalue weighted by Gasteiger charge is -2.35. The lowest BCUT2D eigenvalue weighted by Crippen LogP contribution is -2.52. The molecule has 0 saturated heterocycles.